The Hall–Kier alpha value is -2.14. The van der Waals surface area contributed by atoms with E-state index in [0.29, 0.717) is 22.8 Å². The number of carboxylic acid groups (broad SMARTS) is 1. The summed E-state index contributed by atoms with van der Waals surface area (Å²) >= 11 is 5.84. The number of carbonyl (C=O) groups is 1. The average Bonchev–Trinajstić information content (AvgIpc) is 2.41. The highest BCUT2D eigenvalue weighted by atomic mass is 35.5. The van der Waals surface area contributed by atoms with Gasteiger partial charge < -0.3 is 5.11 Å². The lowest BCUT2D eigenvalue weighted by Crippen LogP contribution is -2.30. The molecular formula is C15H15ClN2O3. The first-order valence-electron chi connectivity index (χ1n) is 6.50. The maximum absolute atomic E-state index is 12.1. The maximum atomic E-state index is 12.1. The fraction of sp³-hybridized carbons (Fsp3) is 0.267. The molecule has 0 atom stereocenters. The van der Waals surface area contributed by atoms with E-state index in [1.54, 1.807) is 24.3 Å². The second-order valence-corrected chi connectivity index (χ2v) is 5.57. The smallest absolute Gasteiger partial charge is 0.341 e. The van der Waals surface area contributed by atoms with Crippen molar-refractivity contribution in [3.8, 4) is 11.3 Å². The molecule has 110 valence electrons. The molecule has 1 aromatic carbocycles. The standard InChI is InChI=1S/C15H15ClN2O3/c1-9(2)8-18-14(19)12(15(20)21)7-13(17-18)10-3-5-11(16)6-4-10/h3-7,9H,8H2,1-2H3,(H,20,21). The fourth-order valence-electron chi connectivity index (χ4n) is 1.93. The molecule has 0 fully saturated rings. The van der Waals surface area contributed by atoms with Crippen LogP contribution in [0.15, 0.2) is 35.1 Å². The van der Waals surface area contributed by atoms with Crippen LogP contribution in [0.4, 0.5) is 0 Å². The summed E-state index contributed by atoms with van der Waals surface area (Å²) < 4.78 is 1.21. The summed E-state index contributed by atoms with van der Waals surface area (Å²) in [4.78, 5) is 23.3. The van der Waals surface area contributed by atoms with Crippen molar-refractivity contribution in [2.75, 3.05) is 0 Å². The number of benzene rings is 1. The van der Waals surface area contributed by atoms with Gasteiger partial charge in [0.05, 0.1) is 5.69 Å². The third-order valence-electron chi connectivity index (χ3n) is 2.88. The summed E-state index contributed by atoms with van der Waals surface area (Å²) in [7, 11) is 0. The predicted octanol–water partition coefficient (Wildman–Crippen LogP) is 2.92. The lowest BCUT2D eigenvalue weighted by atomic mass is 10.1. The molecule has 0 aliphatic heterocycles. The molecule has 1 N–H and O–H groups in total. The predicted molar refractivity (Wildman–Crippen MR) is 80.7 cm³/mol. The highest BCUT2D eigenvalue weighted by Crippen LogP contribution is 2.19. The van der Waals surface area contributed by atoms with E-state index in [-0.39, 0.29) is 11.5 Å². The van der Waals surface area contributed by atoms with Gasteiger partial charge in [0.1, 0.15) is 5.56 Å². The van der Waals surface area contributed by atoms with Crippen molar-refractivity contribution in [1.82, 2.24) is 9.78 Å². The van der Waals surface area contributed by atoms with Crippen LogP contribution in [0.25, 0.3) is 11.3 Å². The molecular weight excluding hydrogens is 292 g/mol. The highest BCUT2D eigenvalue weighted by Gasteiger charge is 2.16. The zero-order chi connectivity index (χ0) is 15.6. The van der Waals surface area contributed by atoms with Gasteiger partial charge in [-0.05, 0) is 24.1 Å². The topological polar surface area (TPSA) is 72.2 Å². The zero-order valence-corrected chi connectivity index (χ0v) is 12.5. The molecule has 0 spiro atoms. The van der Waals surface area contributed by atoms with Crippen LogP contribution in [-0.2, 0) is 6.54 Å². The average molecular weight is 307 g/mol. The van der Waals surface area contributed by atoms with E-state index in [1.807, 2.05) is 13.8 Å². The minimum absolute atomic E-state index is 0.178. The van der Waals surface area contributed by atoms with Gasteiger partial charge in [0, 0.05) is 17.1 Å². The molecule has 0 bridgehead atoms. The second kappa shape index (κ2) is 6.10. The van der Waals surface area contributed by atoms with Crippen LogP contribution in [-0.4, -0.2) is 20.9 Å². The van der Waals surface area contributed by atoms with Crippen molar-refractivity contribution in [2.45, 2.75) is 20.4 Å². The second-order valence-electron chi connectivity index (χ2n) is 5.14. The largest absolute Gasteiger partial charge is 0.477 e. The number of aromatic carboxylic acids is 1. The third kappa shape index (κ3) is 3.49. The van der Waals surface area contributed by atoms with E-state index in [9.17, 15) is 14.7 Å². The van der Waals surface area contributed by atoms with E-state index in [1.165, 1.54) is 10.7 Å². The fourth-order valence-corrected chi connectivity index (χ4v) is 2.05. The molecule has 0 radical (unpaired) electrons. The zero-order valence-electron chi connectivity index (χ0n) is 11.7. The van der Waals surface area contributed by atoms with Crippen molar-refractivity contribution in [1.29, 1.82) is 0 Å². The Morgan fingerprint density at radius 2 is 1.95 bits per heavy atom. The number of rotatable bonds is 4. The van der Waals surface area contributed by atoms with Gasteiger partial charge in [-0.2, -0.15) is 5.10 Å². The van der Waals surface area contributed by atoms with Crippen molar-refractivity contribution < 1.29 is 9.90 Å². The van der Waals surface area contributed by atoms with E-state index in [2.05, 4.69) is 5.10 Å². The molecule has 0 amide bonds. The summed E-state index contributed by atoms with van der Waals surface area (Å²) in [6, 6.07) is 8.15. The number of hydrogen-bond donors (Lipinski definition) is 1. The number of hydrogen-bond acceptors (Lipinski definition) is 3. The van der Waals surface area contributed by atoms with Gasteiger partial charge in [-0.1, -0.05) is 37.6 Å². The normalized spacial score (nSPS) is 10.9. The summed E-state index contributed by atoms with van der Waals surface area (Å²) in [5.41, 5.74) is 0.272. The van der Waals surface area contributed by atoms with Crippen LogP contribution in [0.1, 0.15) is 24.2 Å². The summed E-state index contributed by atoms with van der Waals surface area (Å²) in [5, 5.41) is 14.0. The molecule has 0 aliphatic carbocycles. The van der Waals surface area contributed by atoms with E-state index in [4.69, 9.17) is 11.6 Å². The molecule has 0 unspecified atom stereocenters. The number of nitrogens with zero attached hydrogens (tertiary/aromatic N) is 2. The van der Waals surface area contributed by atoms with Crippen molar-refractivity contribution in [2.24, 2.45) is 5.92 Å². The first kappa shape index (κ1) is 15.3. The van der Waals surface area contributed by atoms with E-state index >= 15 is 0 Å². The molecule has 0 saturated heterocycles. The summed E-state index contributed by atoms with van der Waals surface area (Å²) in [6.07, 6.45) is 0. The lowest BCUT2D eigenvalue weighted by Gasteiger charge is -2.11. The molecule has 1 heterocycles. The highest BCUT2D eigenvalue weighted by molar-refractivity contribution is 6.30. The van der Waals surface area contributed by atoms with Gasteiger partial charge in [-0.3, -0.25) is 4.79 Å². The van der Waals surface area contributed by atoms with Gasteiger partial charge in [-0.25, -0.2) is 9.48 Å². The molecule has 2 rings (SSSR count). The Kier molecular flexibility index (Phi) is 4.43. The quantitative estimate of drug-likeness (QED) is 0.942. The molecule has 2 aromatic rings. The molecule has 0 aliphatic rings. The summed E-state index contributed by atoms with van der Waals surface area (Å²) in [5.74, 6) is -1.08. The van der Waals surface area contributed by atoms with Crippen LogP contribution in [0.5, 0.6) is 0 Å². The SMILES string of the molecule is CC(C)Cn1nc(-c2ccc(Cl)cc2)cc(C(=O)O)c1=O. The van der Waals surface area contributed by atoms with Crippen LogP contribution in [0.2, 0.25) is 5.02 Å². The number of carboxylic acids is 1. The van der Waals surface area contributed by atoms with Crippen LogP contribution in [0, 0.1) is 5.92 Å². The van der Waals surface area contributed by atoms with E-state index < -0.39 is 11.5 Å². The summed E-state index contributed by atoms with van der Waals surface area (Å²) in [6.45, 7) is 4.23. The van der Waals surface area contributed by atoms with Crippen molar-refractivity contribution in [3.05, 3.63) is 51.3 Å². The minimum atomic E-state index is -1.25. The van der Waals surface area contributed by atoms with Gasteiger partial charge >= 0.3 is 5.97 Å². The molecule has 1 aromatic heterocycles. The monoisotopic (exact) mass is 306 g/mol. The lowest BCUT2D eigenvalue weighted by molar-refractivity contribution is 0.0693. The maximum Gasteiger partial charge on any atom is 0.341 e. The number of aromatic nitrogens is 2. The van der Waals surface area contributed by atoms with Gasteiger partial charge in [0.15, 0.2) is 0 Å². The Balaban J connectivity index is 2.61. The number of halogens is 1. The Bertz CT molecular complexity index is 721. The van der Waals surface area contributed by atoms with Crippen LogP contribution < -0.4 is 5.56 Å². The van der Waals surface area contributed by atoms with Gasteiger partial charge in [0.25, 0.3) is 5.56 Å². The third-order valence-corrected chi connectivity index (χ3v) is 3.13. The molecule has 6 heteroatoms. The Morgan fingerprint density at radius 3 is 2.48 bits per heavy atom. The Morgan fingerprint density at radius 1 is 1.33 bits per heavy atom. The molecule has 5 nitrogen and oxygen atoms in total. The first-order chi connectivity index (χ1) is 9.88. The van der Waals surface area contributed by atoms with Crippen LogP contribution in [0.3, 0.4) is 0 Å². The van der Waals surface area contributed by atoms with Crippen LogP contribution >= 0.6 is 11.6 Å². The van der Waals surface area contributed by atoms with E-state index in [0.717, 1.165) is 0 Å². The van der Waals surface area contributed by atoms with Gasteiger partial charge in [-0.15, -0.1) is 0 Å². The molecule has 0 saturated carbocycles. The first-order valence-corrected chi connectivity index (χ1v) is 6.87. The van der Waals surface area contributed by atoms with Crippen molar-refractivity contribution >= 4 is 17.6 Å². The molecule has 21 heavy (non-hydrogen) atoms. The van der Waals surface area contributed by atoms with Crippen molar-refractivity contribution in [3.63, 3.8) is 0 Å². The minimum Gasteiger partial charge on any atom is -0.477 e. The van der Waals surface area contributed by atoms with Gasteiger partial charge in [0.2, 0.25) is 0 Å². The Labute approximate surface area is 126 Å².